The maximum atomic E-state index is 12.4. The number of rotatable bonds is 9. The molecule has 2 atom stereocenters. The largest absolute Gasteiger partial charge is 0.378 e. The van der Waals surface area contributed by atoms with Crippen LogP contribution >= 0.6 is 24.0 Å². The molecule has 1 aliphatic carbocycles. The van der Waals surface area contributed by atoms with Crippen molar-refractivity contribution in [2.24, 2.45) is 10.4 Å². The van der Waals surface area contributed by atoms with Crippen molar-refractivity contribution in [1.82, 2.24) is 25.0 Å². The molecule has 1 aromatic heterocycles. The third kappa shape index (κ3) is 5.03. The van der Waals surface area contributed by atoms with Crippen molar-refractivity contribution >= 4 is 29.9 Å². The maximum Gasteiger partial charge on any atom is 0.345 e. The minimum atomic E-state index is 0. The van der Waals surface area contributed by atoms with Gasteiger partial charge in [-0.3, -0.25) is 9.56 Å². The van der Waals surface area contributed by atoms with E-state index in [4.69, 9.17) is 4.74 Å². The Labute approximate surface area is 197 Å². The highest BCUT2D eigenvalue weighted by Gasteiger charge is 2.53. The molecule has 1 aliphatic heterocycles. The standard InChI is InChI=1S/C21H38N6O2.HI/c1-5-21(6-2)16(15-17(21)29-7-3)24-19(22-4)23-12-10-14-27-20(28)26-13-9-8-11-18(26)25-27;/h16-17H,5-15H2,1-4H3,(H2,22,23,24);1H. The first-order chi connectivity index (χ1) is 14.1. The lowest BCUT2D eigenvalue weighted by Gasteiger charge is -2.55. The highest BCUT2D eigenvalue weighted by molar-refractivity contribution is 14.0. The van der Waals surface area contributed by atoms with E-state index in [0.717, 1.165) is 76.4 Å². The molecule has 0 radical (unpaired) electrons. The van der Waals surface area contributed by atoms with Crippen molar-refractivity contribution in [2.45, 2.75) is 91.0 Å². The lowest BCUT2D eigenvalue weighted by molar-refractivity contribution is -0.133. The van der Waals surface area contributed by atoms with Crippen LogP contribution in [-0.4, -0.2) is 52.7 Å². The van der Waals surface area contributed by atoms with Gasteiger partial charge in [0.15, 0.2) is 5.96 Å². The van der Waals surface area contributed by atoms with E-state index in [1.54, 1.807) is 4.68 Å². The summed E-state index contributed by atoms with van der Waals surface area (Å²) in [6.45, 7) is 9.53. The van der Waals surface area contributed by atoms with Gasteiger partial charge in [-0.15, -0.1) is 24.0 Å². The smallest absolute Gasteiger partial charge is 0.345 e. The molecule has 0 bridgehead atoms. The van der Waals surface area contributed by atoms with Crippen LogP contribution in [0.3, 0.4) is 0 Å². The third-order valence-electron chi connectivity index (χ3n) is 6.87. The second kappa shape index (κ2) is 11.5. The minimum Gasteiger partial charge on any atom is -0.378 e. The summed E-state index contributed by atoms with van der Waals surface area (Å²) in [5, 5.41) is 11.5. The van der Waals surface area contributed by atoms with Crippen molar-refractivity contribution in [2.75, 3.05) is 20.2 Å². The molecule has 2 heterocycles. The van der Waals surface area contributed by atoms with E-state index < -0.39 is 0 Å². The number of hydrogen-bond acceptors (Lipinski definition) is 4. The quantitative estimate of drug-likeness (QED) is 0.220. The van der Waals surface area contributed by atoms with Crippen LogP contribution in [-0.2, 0) is 24.2 Å². The monoisotopic (exact) mass is 534 g/mol. The van der Waals surface area contributed by atoms with Crippen molar-refractivity contribution in [1.29, 1.82) is 0 Å². The van der Waals surface area contributed by atoms with Gasteiger partial charge in [0.1, 0.15) is 5.82 Å². The molecule has 172 valence electrons. The summed E-state index contributed by atoms with van der Waals surface area (Å²) in [6, 6.07) is 0.378. The van der Waals surface area contributed by atoms with Gasteiger partial charge in [0.25, 0.3) is 0 Å². The van der Waals surface area contributed by atoms with Gasteiger partial charge in [0.2, 0.25) is 0 Å². The van der Waals surface area contributed by atoms with E-state index in [0.29, 0.717) is 18.7 Å². The molecule has 8 nitrogen and oxygen atoms in total. The lowest BCUT2D eigenvalue weighted by atomic mass is 9.58. The van der Waals surface area contributed by atoms with Crippen LogP contribution < -0.4 is 16.3 Å². The number of fused-ring (bicyclic) bond motifs is 1. The van der Waals surface area contributed by atoms with Crippen LogP contribution in [0, 0.1) is 5.41 Å². The van der Waals surface area contributed by atoms with Gasteiger partial charge in [-0.05, 0) is 45.4 Å². The zero-order chi connectivity index (χ0) is 20.9. The van der Waals surface area contributed by atoms with Gasteiger partial charge in [0.05, 0.1) is 6.10 Å². The molecule has 2 aliphatic rings. The predicted molar refractivity (Wildman–Crippen MR) is 131 cm³/mol. The average molecular weight is 534 g/mol. The summed E-state index contributed by atoms with van der Waals surface area (Å²) < 4.78 is 9.43. The first kappa shape index (κ1) is 25.2. The maximum absolute atomic E-state index is 12.4. The van der Waals surface area contributed by atoms with E-state index in [2.05, 4.69) is 41.5 Å². The fourth-order valence-corrected chi connectivity index (χ4v) is 4.97. The molecule has 0 spiro atoms. The molecule has 30 heavy (non-hydrogen) atoms. The van der Waals surface area contributed by atoms with Crippen molar-refractivity contribution in [3.63, 3.8) is 0 Å². The normalized spacial score (nSPS) is 22.6. The van der Waals surface area contributed by atoms with Crippen molar-refractivity contribution in [3.8, 4) is 0 Å². The van der Waals surface area contributed by atoms with Crippen LogP contribution in [0.4, 0.5) is 0 Å². The number of halogens is 1. The molecule has 2 unspecified atom stereocenters. The van der Waals surface area contributed by atoms with Crippen LogP contribution in [0.15, 0.2) is 9.79 Å². The molecule has 1 saturated carbocycles. The van der Waals surface area contributed by atoms with Gasteiger partial charge in [-0.1, -0.05) is 13.8 Å². The Balaban J connectivity index is 0.00000320. The molecule has 2 N–H and O–H groups in total. The Hall–Kier alpha value is -1.10. The molecule has 0 aromatic carbocycles. The van der Waals surface area contributed by atoms with E-state index in [-0.39, 0.29) is 35.1 Å². The Morgan fingerprint density at radius 3 is 2.70 bits per heavy atom. The topological polar surface area (TPSA) is 85.5 Å². The molecule has 0 amide bonds. The van der Waals surface area contributed by atoms with Crippen LogP contribution in [0.25, 0.3) is 0 Å². The Morgan fingerprint density at radius 2 is 2.07 bits per heavy atom. The summed E-state index contributed by atoms with van der Waals surface area (Å²) >= 11 is 0. The first-order valence-corrected chi connectivity index (χ1v) is 11.3. The molecule has 3 rings (SSSR count). The molecule has 1 fully saturated rings. The molecule has 1 aromatic rings. The number of ether oxygens (including phenoxy) is 1. The van der Waals surface area contributed by atoms with Crippen LogP contribution in [0.2, 0.25) is 0 Å². The van der Waals surface area contributed by atoms with E-state index in [1.807, 2.05) is 11.6 Å². The minimum absolute atomic E-state index is 0. The Bertz CT molecular complexity index is 755. The molecule has 9 heteroatoms. The second-order valence-corrected chi connectivity index (χ2v) is 8.20. The lowest BCUT2D eigenvalue weighted by Crippen LogP contribution is -2.65. The summed E-state index contributed by atoms with van der Waals surface area (Å²) in [7, 11) is 1.81. The second-order valence-electron chi connectivity index (χ2n) is 8.20. The van der Waals surface area contributed by atoms with E-state index in [9.17, 15) is 4.79 Å². The highest BCUT2D eigenvalue weighted by atomic mass is 127. The molecular formula is C21H39IN6O2. The van der Waals surface area contributed by atoms with Crippen LogP contribution in [0.1, 0.15) is 65.1 Å². The fraction of sp³-hybridized carbons (Fsp3) is 0.857. The number of aromatic nitrogens is 3. The van der Waals surface area contributed by atoms with Crippen molar-refractivity contribution in [3.05, 3.63) is 16.3 Å². The SMILES string of the molecule is CCOC1CC(NC(=NC)NCCCn2nc3n(c2=O)CCCC3)C1(CC)CC.I. The number of guanidine groups is 1. The van der Waals surface area contributed by atoms with Crippen LogP contribution in [0.5, 0.6) is 0 Å². The molecule has 0 saturated heterocycles. The Morgan fingerprint density at radius 1 is 1.30 bits per heavy atom. The Kier molecular flexibility index (Phi) is 9.65. The number of aryl methyl sites for hydroxylation is 2. The summed E-state index contributed by atoms with van der Waals surface area (Å²) in [4.78, 5) is 16.8. The molecular weight excluding hydrogens is 495 g/mol. The van der Waals surface area contributed by atoms with Gasteiger partial charge in [0, 0.05) is 51.2 Å². The van der Waals surface area contributed by atoms with Gasteiger partial charge in [-0.25, -0.2) is 9.48 Å². The van der Waals surface area contributed by atoms with Gasteiger partial charge < -0.3 is 15.4 Å². The summed E-state index contributed by atoms with van der Waals surface area (Å²) in [5.41, 5.74) is 0.213. The summed E-state index contributed by atoms with van der Waals surface area (Å²) in [5.74, 6) is 1.77. The number of nitrogens with zero attached hydrogens (tertiary/aromatic N) is 4. The predicted octanol–water partition coefficient (Wildman–Crippen LogP) is 2.54. The number of nitrogens with one attached hydrogen (secondary N) is 2. The van der Waals surface area contributed by atoms with Gasteiger partial charge in [-0.2, -0.15) is 5.10 Å². The van der Waals surface area contributed by atoms with E-state index in [1.165, 1.54) is 0 Å². The fourth-order valence-electron chi connectivity index (χ4n) is 4.97. The number of aliphatic imine (C=N–C) groups is 1. The van der Waals surface area contributed by atoms with E-state index >= 15 is 0 Å². The zero-order valence-corrected chi connectivity index (χ0v) is 21.3. The third-order valence-corrected chi connectivity index (χ3v) is 6.87. The first-order valence-electron chi connectivity index (χ1n) is 11.3. The highest BCUT2D eigenvalue weighted by Crippen LogP contribution is 2.48. The summed E-state index contributed by atoms with van der Waals surface area (Å²) in [6.07, 6.45) is 7.48. The van der Waals surface area contributed by atoms with Gasteiger partial charge >= 0.3 is 5.69 Å². The average Bonchev–Trinajstić information content (AvgIpc) is 3.05. The van der Waals surface area contributed by atoms with Crippen molar-refractivity contribution < 1.29 is 4.74 Å². The zero-order valence-electron chi connectivity index (χ0n) is 18.9. The number of hydrogen-bond donors (Lipinski definition) is 2.